The van der Waals surface area contributed by atoms with E-state index in [9.17, 15) is 22.8 Å². The predicted molar refractivity (Wildman–Crippen MR) is 77.1 cm³/mol. The fraction of sp³-hybridized carbons (Fsp3) is 0.429. The smallest absolute Gasteiger partial charge is 0.376 e. The minimum Gasteiger partial charge on any atom is -0.376 e. The second-order valence-electron chi connectivity index (χ2n) is 4.99. The summed E-state index contributed by atoms with van der Waals surface area (Å²) in [6.07, 6.45) is -3.12. The Morgan fingerprint density at radius 1 is 1.30 bits per heavy atom. The summed E-state index contributed by atoms with van der Waals surface area (Å²) in [5, 5.41) is 4.00. The van der Waals surface area contributed by atoms with Crippen LogP contribution in [0.15, 0.2) is 18.2 Å². The minimum atomic E-state index is -4.65. The monoisotopic (exact) mass is 350 g/mol. The maximum absolute atomic E-state index is 12.7. The van der Waals surface area contributed by atoms with E-state index in [2.05, 4.69) is 10.6 Å². The zero-order chi connectivity index (χ0) is 17.0. The van der Waals surface area contributed by atoms with Gasteiger partial charge in [0.25, 0.3) is 0 Å². The van der Waals surface area contributed by atoms with E-state index in [1.807, 2.05) is 0 Å². The van der Waals surface area contributed by atoms with Gasteiger partial charge in [0, 0.05) is 18.8 Å². The quantitative estimate of drug-likeness (QED) is 0.823. The van der Waals surface area contributed by atoms with Gasteiger partial charge in [-0.25, -0.2) is 0 Å². The summed E-state index contributed by atoms with van der Waals surface area (Å²) >= 11 is 5.48. The average Bonchev–Trinajstić information content (AvgIpc) is 2.98. The molecule has 0 unspecified atom stereocenters. The molecule has 5 nitrogen and oxygen atoms in total. The lowest BCUT2D eigenvalue weighted by molar-refractivity contribution is -0.137. The Morgan fingerprint density at radius 2 is 2.04 bits per heavy atom. The number of halogens is 4. The van der Waals surface area contributed by atoms with Crippen LogP contribution in [0.25, 0.3) is 0 Å². The molecule has 0 radical (unpaired) electrons. The lowest BCUT2D eigenvalue weighted by Crippen LogP contribution is -2.39. The van der Waals surface area contributed by atoms with E-state index in [0.29, 0.717) is 12.7 Å². The van der Waals surface area contributed by atoms with Crippen molar-refractivity contribution in [1.29, 1.82) is 0 Å². The third-order valence-electron chi connectivity index (χ3n) is 3.25. The van der Waals surface area contributed by atoms with Crippen molar-refractivity contribution in [3.05, 3.63) is 28.8 Å². The number of nitrogens with one attached hydrogen (secondary N) is 2. The van der Waals surface area contributed by atoms with Gasteiger partial charge in [-0.1, -0.05) is 11.6 Å². The second kappa shape index (κ2) is 7.18. The number of anilines is 1. The molecular weight excluding hydrogens is 337 g/mol. The largest absolute Gasteiger partial charge is 0.417 e. The van der Waals surface area contributed by atoms with E-state index in [4.69, 9.17) is 16.3 Å². The Hall–Kier alpha value is -1.80. The van der Waals surface area contributed by atoms with E-state index in [-0.39, 0.29) is 18.3 Å². The van der Waals surface area contributed by atoms with Crippen molar-refractivity contribution in [2.45, 2.75) is 25.1 Å². The maximum Gasteiger partial charge on any atom is 0.417 e. The third kappa shape index (κ3) is 4.84. The molecule has 0 aliphatic carbocycles. The van der Waals surface area contributed by atoms with Crippen molar-refractivity contribution < 1.29 is 27.5 Å². The molecule has 1 aliphatic rings. The molecule has 2 rings (SSSR count). The van der Waals surface area contributed by atoms with Gasteiger partial charge < -0.3 is 15.4 Å². The summed E-state index contributed by atoms with van der Waals surface area (Å²) in [5.41, 5.74) is -1.25. The summed E-state index contributed by atoms with van der Waals surface area (Å²) in [4.78, 5) is 23.3. The molecule has 1 saturated heterocycles. The molecule has 1 aromatic rings. The van der Waals surface area contributed by atoms with Gasteiger partial charge in [-0.05, 0) is 31.0 Å². The summed E-state index contributed by atoms with van der Waals surface area (Å²) in [6.45, 7) is 0.790. The first-order chi connectivity index (χ1) is 10.8. The Kier molecular flexibility index (Phi) is 5.48. The van der Waals surface area contributed by atoms with E-state index in [0.717, 1.165) is 18.9 Å². The van der Waals surface area contributed by atoms with Gasteiger partial charge in [0.05, 0.1) is 16.7 Å². The highest BCUT2D eigenvalue weighted by Crippen LogP contribution is 2.36. The Morgan fingerprint density at radius 3 is 2.65 bits per heavy atom. The van der Waals surface area contributed by atoms with Crippen LogP contribution < -0.4 is 10.6 Å². The SMILES string of the molecule is O=C(NC[C@@H]1CCCO1)C(=O)Nc1ccc(Cl)c(C(F)(F)F)c1. The highest BCUT2D eigenvalue weighted by molar-refractivity contribution is 6.39. The van der Waals surface area contributed by atoms with Crippen LogP contribution in [0, 0.1) is 0 Å². The third-order valence-corrected chi connectivity index (χ3v) is 3.58. The molecule has 1 aliphatic heterocycles. The molecule has 1 aromatic carbocycles. The highest BCUT2D eigenvalue weighted by Gasteiger charge is 2.33. The molecule has 0 spiro atoms. The standard InChI is InChI=1S/C14H14ClF3N2O3/c15-11-4-3-8(6-10(11)14(16,17)18)20-13(22)12(21)19-7-9-2-1-5-23-9/h3-4,6,9H,1-2,5,7H2,(H,19,21)(H,20,22)/t9-/m0/s1. The second-order valence-corrected chi connectivity index (χ2v) is 5.40. The van der Waals surface area contributed by atoms with Gasteiger partial charge in [0.1, 0.15) is 0 Å². The molecule has 1 atom stereocenters. The van der Waals surface area contributed by atoms with Crippen LogP contribution >= 0.6 is 11.6 Å². The summed E-state index contributed by atoms with van der Waals surface area (Å²) in [6, 6.07) is 2.86. The highest BCUT2D eigenvalue weighted by atomic mass is 35.5. The van der Waals surface area contributed by atoms with Crippen LogP contribution in [0.5, 0.6) is 0 Å². The van der Waals surface area contributed by atoms with Gasteiger partial charge in [-0.3, -0.25) is 9.59 Å². The van der Waals surface area contributed by atoms with Crippen molar-refractivity contribution in [2.75, 3.05) is 18.5 Å². The van der Waals surface area contributed by atoms with Crippen molar-refractivity contribution in [3.8, 4) is 0 Å². The number of hydrogen-bond donors (Lipinski definition) is 2. The van der Waals surface area contributed by atoms with E-state index in [1.165, 1.54) is 6.07 Å². The Bertz CT molecular complexity index is 601. The summed E-state index contributed by atoms with van der Waals surface area (Å²) in [5.74, 6) is -2.00. The lowest BCUT2D eigenvalue weighted by Gasteiger charge is -2.13. The van der Waals surface area contributed by atoms with Gasteiger partial charge in [-0.2, -0.15) is 13.2 Å². The number of hydrogen-bond acceptors (Lipinski definition) is 3. The normalized spacial score (nSPS) is 17.8. The van der Waals surface area contributed by atoms with Crippen molar-refractivity contribution in [2.24, 2.45) is 0 Å². The van der Waals surface area contributed by atoms with Crippen LogP contribution in [-0.4, -0.2) is 31.1 Å². The zero-order valence-electron chi connectivity index (χ0n) is 11.9. The number of carbonyl (C=O) groups excluding carboxylic acids is 2. The predicted octanol–water partition coefficient (Wildman–Crippen LogP) is 2.59. The molecule has 126 valence electrons. The van der Waals surface area contributed by atoms with Crippen molar-refractivity contribution >= 4 is 29.1 Å². The van der Waals surface area contributed by atoms with Gasteiger partial charge >= 0.3 is 18.0 Å². The number of alkyl halides is 3. The van der Waals surface area contributed by atoms with Crippen molar-refractivity contribution in [1.82, 2.24) is 5.32 Å². The van der Waals surface area contributed by atoms with Crippen LogP contribution in [-0.2, 0) is 20.5 Å². The number of amides is 2. The fourth-order valence-electron chi connectivity index (χ4n) is 2.10. The van der Waals surface area contributed by atoms with Gasteiger partial charge in [0.15, 0.2) is 0 Å². The van der Waals surface area contributed by atoms with Gasteiger partial charge in [0.2, 0.25) is 0 Å². The number of benzene rings is 1. The Balaban J connectivity index is 1.95. The first-order valence-electron chi connectivity index (χ1n) is 6.85. The number of carbonyl (C=O) groups is 2. The van der Waals surface area contributed by atoms with Crippen LogP contribution in [0.4, 0.5) is 18.9 Å². The van der Waals surface area contributed by atoms with E-state index < -0.39 is 28.6 Å². The molecule has 2 N–H and O–H groups in total. The van der Waals surface area contributed by atoms with E-state index >= 15 is 0 Å². The molecule has 0 saturated carbocycles. The first kappa shape index (κ1) is 17.6. The van der Waals surface area contributed by atoms with E-state index in [1.54, 1.807) is 0 Å². The summed E-state index contributed by atoms with van der Waals surface area (Å²) in [7, 11) is 0. The lowest BCUT2D eigenvalue weighted by atomic mass is 10.2. The molecule has 23 heavy (non-hydrogen) atoms. The summed E-state index contributed by atoms with van der Waals surface area (Å²) < 4.78 is 43.5. The zero-order valence-corrected chi connectivity index (χ0v) is 12.6. The van der Waals surface area contributed by atoms with Crippen LogP contribution in [0.3, 0.4) is 0 Å². The molecule has 0 bridgehead atoms. The van der Waals surface area contributed by atoms with Gasteiger partial charge in [-0.15, -0.1) is 0 Å². The van der Waals surface area contributed by atoms with Crippen molar-refractivity contribution in [3.63, 3.8) is 0 Å². The van der Waals surface area contributed by atoms with Crippen LogP contribution in [0.1, 0.15) is 18.4 Å². The molecule has 0 aromatic heterocycles. The number of ether oxygens (including phenoxy) is 1. The fourth-order valence-corrected chi connectivity index (χ4v) is 2.32. The Labute approximate surface area is 135 Å². The first-order valence-corrected chi connectivity index (χ1v) is 7.22. The minimum absolute atomic E-state index is 0.140. The molecule has 1 fully saturated rings. The molecule has 9 heteroatoms. The number of rotatable bonds is 3. The maximum atomic E-state index is 12.7. The molecule has 2 amide bonds. The topological polar surface area (TPSA) is 67.4 Å². The molecular formula is C14H14ClF3N2O3. The molecule has 1 heterocycles. The average molecular weight is 351 g/mol. The van der Waals surface area contributed by atoms with Crippen LogP contribution in [0.2, 0.25) is 5.02 Å².